The van der Waals surface area contributed by atoms with Crippen LogP contribution in [0.25, 0.3) is 11.5 Å². The number of aromatic nitrogens is 5. The summed E-state index contributed by atoms with van der Waals surface area (Å²) in [5, 5.41) is 8.73. The zero-order valence-corrected chi connectivity index (χ0v) is 15.3. The van der Waals surface area contributed by atoms with E-state index in [1.165, 1.54) is 34.9 Å². The topological polar surface area (TPSA) is 88.3 Å². The van der Waals surface area contributed by atoms with Gasteiger partial charge in [-0.2, -0.15) is 5.10 Å². The number of H-pyrrole nitrogens is 1. The molecule has 0 radical (unpaired) electrons. The second-order valence-electron chi connectivity index (χ2n) is 7.77. The molecule has 2 bridgehead atoms. The van der Waals surface area contributed by atoms with Gasteiger partial charge in [-0.3, -0.25) is 14.6 Å². The van der Waals surface area contributed by atoms with Crippen molar-refractivity contribution in [3.8, 4) is 5.95 Å². The SMILES string of the molecule is Cc1c(C(=O)N2CC3CCC(CC3)C2)cnn1-c1nn2cccc2c(=O)[nH]1. The molecule has 27 heavy (non-hydrogen) atoms. The number of hydrogen-bond donors (Lipinski definition) is 1. The van der Waals surface area contributed by atoms with Gasteiger partial charge >= 0.3 is 0 Å². The number of aromatic amines is 1. The van der Waals surface area contributed by atoms with Crippen LogP contribution in [0.3, 0.4) is 0 Å². The number of nitrogens with one attached hydrogen (secondary N) is 1. The van der Waals surface area contributed by atoms with Gasteiger partial charge in [-0.25, -0.2) is 9.20 Å². The van der Waals surface area contributed by atoms with Crippen LogP contribution in [0, 0.1) is 18.8 Å². The highest BCUT2D eigenvalue weighted by Gasteiger charge is 2.33. The minimum absolute atomic E-state index is 0.0296. The number of carbonyl (C=O) groups is 1. The van der Waals surface area contributed by atoms with Crippen molar-refractivity contribution in [1.82, 2.24) is 29.3 Å². The van der Waals surface area contributed by atoms with Crippen LogP contribution in [-0.2, 0) is 0 Å². The monoisotopic (exact) mass is 366 g/mol. The molecule has 3 aromatic rings. The predicted octanol–water partition coefficient (Wildman–Crippen LogP) is 1.78. The lowest BCUT2D eigenvalue weighted by molar-refractivity contribution is 0.0739. The summed E-state index contributed by atoms with van der Waals surface area (Å²) in [6, 6.07) is 3.47. The lowest BCUT2D eigenvalue weighted by atomic mass is 9.84. The van der Waals surface area contributed by atoms with Gasteiger partial charge in [-0.05, 0) is 56.6 Å². The van der Waals surface area contributed by atoms with Crippen molar-refractivity contribution in [3.05, 3.63) is 46.1 Å². The van der Waals surface area contributed by atoms with Crippen LogP contribution in [0.2, 0.25) is 0 Å². The molecule has 3 aromatic heterocycles. The molecule has 3 fully saturated rings. The average Bonchev–Trinajstić information content (AvgIpc) is 3.17. The lowest BCUT2D eigenvalue weighted by Gasteiger charge is -2.22. The number of carbonyl (C=O) groups excluding carboxylic acids is 1. The molecule has 0 spiro atoms. The molecule has 3 aliphatic rings. The summed E-state index contributed by atoms with van der Waals surface area (Å²) in [7, 11) is 0. The summed E-state index contributed by atoms with van der Waals surface area (Å²) in [6.45, 7) is 3.52. The molecule has 0 atom stereocenters. The van der Waals surface area contributed by atoms with E-state index in [0.29, 0.717) is 34.6 Å². The van der Waals surface area contributed by atoms with E-state index in [1.54, 1.807) is 24.5 Å². The highest BCUT2D eigenvalue weighted by molar-refractivity contribution is 5.95. The number of rotatable bonds is 2. The highest BCUT2D eigenvalue weighted by atomic mass is 16.2. The summed E-state index contributed by atoms with van der Waals surface area (Å²) < 4.78 is 3.05. The summed E-state index contributed by atoms with van der Waals surface area (Å²) in [4.78, 5) is 30.1. The number of fused-ring (bicyclic) bond motifs is 5. The van der Waals surface area contributed by atoms with E-state index in [2.05, 4.69) is 15.2 Å². The van der Waals surface area contributed by atoms with E-state index < -0.39 is 0 Å². The Morgan fingerprint density at radius 1 is 1.19 bits per heavy atom. The standard InChI is InChI=1S/C19H22N6O2/c1-12-15(18(27)23-10-13-4-5-14(11-23)7-6-13)9-20-25(12)19-21-17(26)16-3-2-8-24(16)22-19/h2-3,8-9,13-14H,4-7,10-11H2,1H3,(H,21,22,26). The Morgan fingerprint density at radius 3 is 2.59 bits per heavy atom. The van der Waals surface area contributed by atoms with Crippen molar-refractivity contribution in [3.63, 3.8) is 0 Å². The van der Waals surface area contributed by atoms with Gasteiger partial charge in [0.2, 0.25) is 5.95 Å². The Kier molecular flexibility index (Phi) is 3.66. The van der Waals surface area contributed by atoms with Crippen molar-refractivity contribution in [2.75, 3.05) is 13.1 Å². The lowest BCUT2D eigenvalue weighted by Crippen LogP contribution is -2.35. The van der Waals surface area contributed by atoms with Crippen molar-refractivity contribution >= 4 is 11.4 Å². The first-order valence-electron chi connectivity index (χ1n) is 9.52. The smallest absolute Gasteiger partial charge is 0.276 e. The maximum Gasteiger partial charge on any atom is 0.276 e. The summed E-state index contributed by atoms with van der Waals surface area (Å²) >= 11 is 0. The molecule has 1 saturated carbocycles. The van der Waals surface area contributed by atoms with E-state index in [0.717, 1.165) is 13.1 Å². The van der Waals surface area contributed by atoms with Gasteiger partial charge in [-0.1, -0.05) is 0 Å². The number of amides is 1. The fourth-order valence-electron chi connectivity index (χ4n) is 4.49. The first kappa shape index (κ1) is 16.3. The van der Waals surface area contributed by atoms with E-state index in [-0.39, 0.29) is 11.5 Å². The Hall–Kier alpha value is -2.90. The first-order valence-corrected chi connectivity index (χ1v) is 9.52. The third-order valence-electron chi connectivity index (χ3n) is 6.04. The van der Waals surface area contributed by atoms with E-state index >= 15 is 0 Å². The minimum Gasteiger partial charge on any atom is -0.338 e. The predicted molar refractivity (Wildman–Crippen MR) is 99.0 cm³/mol. The average molecular weight is 366 g/mol. The van der Waals surface area contributed by atoms with Crippen molar-refractivity contribution in [2.45, 2.75) is 32.6 Å². The summed E-state index contributed by atoms with van der Waals surface area (Å²) in [5.41, 5.74) is 1.49. The molecule has 1 amide bonds. The Balaban J connectivity index is 1.49. The van der Waals surface area contributed by atoms with Crippen LogP contribution >= 0.6 is 0 Å². The quantitative estimate of drug-likeness (QED) is 0.749. The van der Waals surface area contributed by atoms with E-state index in [1.807, 2.05) is 11.8 Å². The van der Waals surface area contributed by atoms with Crippen LogP contribution in [0.5, 0.6) is 0 Å². The van der Waals surface area contributed by atoms with Gasteiger partial charge in [0, 0.05) is 19.3 Å². The normalized spacial score (nSPS) is 22.3. The number of nitrogens with zero attached hydrogens (tertiary/aromatic N) is 5. The van der Waals surface area contributed by atoms with Gasteiger partial charge in [0.25, 0.3) is 11.5 Å². The fourth-order valence-corrected chi connectivity index (χ4v) is 4.49. The van der Waals surface area contributed by atoms with Crippen molar-refractivity contribution in [2.24, 2.45) is 11.8 Å². The molecule has 140 valence electrons. The molecular formula is C19H22N6O2. The third-order valence-corrected chi connectivity index (χ3v) is 6.04. The molecule has 5 heterocycles. The van der Waals surface area contributed by atoms with Gasteiger partial charge in [-0.15, -0.1) is 5.10 Å². The molecule has 1 N–H and O–H groups in total. The first-order chi connectivity index (χ1) is 13.1. The zero-order valence-electron chi connectivity index (χ0n) is 15.3. The molecule has 2 aliphatic heterocycles. The highest BCUT2D eigenvalue weighted by Crippen LogP contribution is 2.34. The molecule has 8 nitrogen and oxygen atoms in total. The second kappa shape index (κ2) is 6.07. The largest absolute Gasteiger partial charge is 0.338 e. The Labute approximate surface area is 155 Å². The van der Waals surface area contributed by atoms with E-state index in [9.17, 15) is 9.59 Å². The van der Waals surface area contributed by atoms with Crippen LogP contribution in [0.4, 0.5) is 0 Å². The molecule has 0 aromatic carbocycles. The van der Waals surface area contributed by atoms with Gasteiger partial charge < -0.3 is 4.90 Å². The third kappa shape index (κ3) is 2.67. The Bertz CT molecular complexity index is 1060. The second-order valence-corrected chi connectivity index (χ2v) is 7.77. The van der Waals surface area contributed by atoms with Crippen molar-refractivity contribution < 1.29 is 4.79 Å². The Morgan fingerprint density at radius 2 is 1.89 bits per heavy atom. The number of hydrogen-bond acceptors (Lipinski definition) is 4. The van der Waals surface area contributed by atoms with Gasteiger partial charge in [0.1, 0.15) is 5.52 Å². The fraction of sp³-hybridized carbons (Fsp3) is 0.474. The maximum atomic E-state index is 13.1. The zero-order chi connectivity index (χ0) is 18.5. The summed E-state index contributed by atoms with van der Waals surface area (Å²) in [5.74, 6) is 1.58. The van der Waals surface area contributed by atoms with Crippen LogP contribution in [0.1, 0.15) is 41.7 Å². The van der Waals surface area contributed by atoms with Crippen LogP contribution in [0.15, 0.2) is 29.3 Å². The molecule has 6 rings (SSSR count). The minimum atomic E-state index is -0.239. The van der Waals surface area contributed by atoms with Gasteiger partial charge in [0.05, 0.1) is 17.5 Å². The molecule has 8 heteroatoms. The van der Waals surface area contributed by atoms with Crippen molar-refractivity contribution in [1.29, 1.82) is 0 Å². The van der Waals surface area contributed by atoms with Gasteiger partial charge in [0.15, 0.2) is 0 Å². The maximum absolute atomic E-state index is 13.1. The van der Waals surface area contributed by atoms with Crippen LogP contribution < -0.4 is 5.56 Å². The van der Waals surface area contributed by atoms with E-state index in [4.69, 9.17) is 0 Å². The summed E-state index contributed by atoms with van der Waals surface area (Å²) in [6.07, 6.45) is 8.23. The molecular weight excluding hydrogens is 344 g/mol. The molecule has 1 aliphatic carbocycles. The molecule has 0 unspecified atom stereocenters. The molecule has 2 saturated heterocycles. The van der Waals surface area contributed by atoms with Crippen LogP contribution in [-0.4, -0.2) is 48.3 Å².